The third kappa shape index (κ3) is 3.39. The fourth-order valence-electron chi connectivity index (χ4n) is 5.62. The Morgan fingerprint density at radius 1 is 0.390 bits per heavy atom. The van der Waals surface area contributed by atoms with Crippen LogP contribution in [0.4, 0.5) is 0 Å². The zero-order valence-corrected chi connectivity index (χ0v) is 22.6. The Labute approximate surface area is 244 Å². The molecule has 9 rings (SSSR count). The SMILES string of the molecule is [Ag][c]1cccc2c3nc4nc(nc5[nH]c(nc6nc(nc([nH]3)c12)-c1ccccc1-6)c1ccccc51)-c1ccccc1-4. The minimum absolute atomic E-state index is 0.580. The van der Waals surface area contributed by atoms with Gasteiger partial charge in [0.2, 0.25) is 0 Å². The first-order valence-electron chi connectivity index (χ1n) is 13.1. The van der Waals surface area contributed by atoms with E-state index in [1.807, 2.05) is 91.0 Å². The quantitative estimate of drug-likeness (QED) is 0.200. The van der Waals surface area contributed by atoms with Gasteiger partial charge in [-0.15, -0.1) is 0 Å². The molecule has 0 saturated carbocycles. The molecule has 9 heteroatoms. The van der Waals surface area contributed by atoms with Gasteiger partial charge in [-0.05, 0) is 0 Å². The average molecular weight is 621 g/mol. The minimum atomic E-state index is 0.580. The average Bonchev–Trinajstić information content (AvgIpc) is 3.73. The summed E-state index contributed by atoms with van der Waals surface area (Å²) in [5.74, 6) is 2.34. The number of H-pyrrole nitrogens is 2. The van der Waals surface area contributed by atoms with E-state index < -0.39 is 0 Å². The van der Waals surface area contributed by atoms with E-state index in [1.54, 1.807) is 0 Å². The van der Waals surface area contributed by atoms with E-state index in [2.05, 4.69) is 31.0 Å². The van der Waals surface area contributed by atoms with Crippen molar-refractivity contribution in [2.75, 3.05) is 0 Å². The molecule has 0 atom stereocenters. The molecule has 2 aliphatic heterocycles. The summed E-state index contributed by atoms with van der Waals surface area (Å²) in [6.45, 7) is 0. The van der Waals surface area contributed by atoms with Crippen molar-refractivity contribution in [1.29, 1.82) is 0 Å². The number of fused-ring (bicyclic) bond motifs is 20. The van der Waals surface area contributed by atoms with Crippen molar-refractivity contribution in [3.63, 3.8) is 0 Å². The van der Waals surface area contributed by atoms with E-state index in [0.717, 1.165) is 47.6 Å². The van der Waals surface area contributed by atoms with Crippen LogP contribution in [0.1, 0.15) is 0 Å². The van der Waals surface area contributed by atoms with Crippen LogP contribution in [0.25, 0.3) is 89.7 Å². The fraction of sp³-hybridized carbons (Fsp3) is 0. The van der Waals surface area contributed by atoms with Crippen molar-refractivity contribution >= 4 is 47.9 Å². The van der Waals surface area contributed by atoms with Crippen LogP contribution in [0.15, 0.2) is 91.0 Å². The molecule has 0 fully saturated rings. The van der Waals surface area contributed by atoms with Crippen LogP contribution in [0.2, 0.25) is 0 Å². The summed E-state index contributed by atoms with van der Waals surface area (Å²) < 4.78 is 0.906. The van der Waals surface area contributed by atoms with Crippen LogP contribution < -0.4 is 3.78 Å². The van der Waals surface area contributed by atoms with Gasteiger partial charge >= 0.3 is 239 Å². The molecule has 4 aromatic carbocycles. The van der Waals surface area contributed by atoms with Gasteiger partial charge < -0.3 is 0 Å². The molecule has 8 bridgehead atoms. The standard InChI is InChI=1S/C32H17N8.Ag/c1-2-10-18-17(9-1)25-33-26(18)38-28-21-13-5-6-14-22(21)30(35-28)40-32-24-16-8-7-15-23(24)31(36-32)39-29-20-12-4-3-11-19(20)27(34-29)37-25;/h1-15H,(H2,33,34,35,36,37,38,39,40);. The third-order valence-electron chi connectivity index (χ3n) is 7.50. The molecule has 7 aromatic rings. The number of aromatic nitrogens is 8. The summed E-state index contributed by atoms with van der Waals surface area (Å²) in [5.41, 5.74) is 6.34. The van der Waals surface area contributed by atoms with E-state index in [1.165, 1.54) is 0 Å². The number of hydrogen-bond acceptors (Lipinski definition) is 6. The van der Waals surface area contributed by atoms with Gasteiger partial charge in [0.15, 0.2) is 0 Å². The molecule has 5 heterocycles. The van der Waals surface area contributed by atoms with Crippen LogP contribution in [-0.4, -0.2) is 39.9 Å². The van der Waals surface area contributed by atoms with Gasteiger partial charge in [-0.3, -0.25) is 0 Å². The Bertz CT molecular complexity index is 2400. The summed E-state index contributed by atoms with van der Waals surface area (Å²) in [6.07, 6.45) is 0. The molecule has 0 saturated heterocycles. The summed E-state index contributed by atoms with van der Waals surface area (Å²) in [7, 11) is 0. The summed E-state index contributed by atoms with van der Waals surface area (Å²) in [5, 5.41) is 3.74. The molecule has 196 valence electrons. The molecule has 41 heavy (non-hydrogen) atoms. The second kappa shape index (κ2) is 8.49. The Morgan fingerprint density at radius 2 is 0.780 bits per heavy atom. The van der Waals surface area contributed by atoms with Crippen LogP contribution in [0.5, 0.6) is 0 Å². The topological polar surface area (TPSA) is 109 Å². The van der Waals surface area contributed by atoms with E-state index >= 15 is 0 Å². The summed E-state index contributed by atoms with van der Waals surface area (Å²) in [6, 6.07) is 30.1. The van der Waals surface area contributed by atoms with Gasteiger partial charge in [0.25, 0.3) is 0 Å². The molecule has 3 aromatic heterocycles. The zero-order chi connectivity index (χ0) is 27.1. The van der Waals surface area contributed by atoms with E-state index in [-0.39, 0.29) is 0 Å². The number of nitrogens with zero attached hydrogens (tertiary/aromatic N) is 6. The molecule has 0 radical (unpaired) electrons. The van der Waals surface area contributed by atoms with Gasteiger partial charge in [0.05, 0.1) is 0 Å². The molecule has 0 spiro atoms. The van der Waals surface area contributed by atoms with E-state index in [9.17, 15) is 0 Å². The first kappa shape index (κ1) is 22.8. The summed E-state index contributed by atoms with van der Waals surface area (Å²) in [4.78, 5) is 36.9. The van der Waals surface area contributed by atoms with E-state index in [0.29, 0.717) is 45.9 Å². The monoisotopic (exact) mass is 620 g/mol. The van der Waals surface area contributed by atoms with Gasteiger partial charge in [0.1, 0.15) is 0 Å². The van der Waals surface area contributed by atoms with Gasteiger partial charge in [-0.1, -0.05) is 6.07 Å². The van der Waals surface area contributed by atoms with Crippen molar-refractivity contribution in [2.45, 2.75) is 0 Å². The molecule has 0 amide bonds. The predicted octanol–water partition coefficient (Wildman–Crippen LogP) is 6.04. The van der Waals surface area contributed by atoms with Gasteiger partial charge in [-0.2, -0.15) is 0 Å². The van der Waals surface area contributed by atoms with Gasteiger partial charge in [-0.25, -0.2) is 0 Å². The van der Waals surface area contributed by atoms with Crippen molar-refractivity contribution in [3.05, 3.63) is 91.0 Å². The van der Waals surface area contributed by atoms with Crippen molar-refractivity contribution in [2.24, 2.45) is 0 Å². The maximum atomic E-state index is 5.05. The Balaban J connectivity index is 1.52. The van der Waals surface area contributed by atoms with Gasteiger partial charge in [0, 0.05) is 0 Å². The molecule has 0 unspecified atom stereocenters. The summed E-state index contributed by atoms with van der Waals surface area (Å²) >= 11 is 3.76. The Kier molecular flexibility index (Phi) is 4.71. The number of nitrogens with one attached hydrogen (secondary N) is 2. The van der Waals surface area contributed by atoms with Crippen molar-refractivity contribution in [3.8, 4) is 45.6 Å². The molecule has 8 nitrogen and oxygen atoms in total. The third-order valence-corrected chi connectivity index (χ3v) is 8.11. The normalized spacial score (nSPS) is 12.0. The van der Waals surface area contributed by atoms with Crippen molar-refractivity contribution in [1.82, 2.24) is 39.9 Å². The number of rotatable bonds is 0. The number of hydrogen-bond donors (Lipinski definition) is 2. The van der Waals surface area contributed by atoms with E-state index in [4.69, 9.17) is 29.9 Å². The Morgan fingerprint density at radius 3 is 1.29 bits per heavy atom. The van der Waals surface area contributed by atoms with Crippen LogP contribution in [0.3, 0.4) is 0 Å². The fourth-order valence-corrected chi connectivity index (χ4v) is 6.14. The second-order valence-electron chi connectivity index (χ2n) is 9.87. The molecule has 0 aliphatic carbocycles. The first-order chi connectivity index (χ1) is 20.2. The number of aromatic amines is 2. The van der Waals surface area contributed by atoms with Crippen LogP contribution in [0, 0.1) is 0 Å². The molecule has 2 aliphatic rings. The van der Waals surface area contributed by atoms with Crippen LogP contribution in [-0.2, 0) is 21.1 Å². The second-order valence-corrected chi connectivity index (χ2v) is 10.7. The molecular formula is C32H17AgN8. The molecular weight excluding hydrogens is 604 g/mol. The zero-order valence-electron chi connectivity index (χ0n) is 21.1. The first-order valence-corrected chi connectivity index (χ1v) is 13.8. The maximum absolute atomic E-state index is 5.05. The van der Waals surface area contributed by atoms with Crippen molar-refractivity contribution < 1.29 is 21.1 Å². The molecule has 2 N–H and O–H groups in total. The Hall–Kier alpha value is -5.02. The van der Waals surface area contributed by atoms with Crippen LogP contribution >= 0.6 is 0 Å². The number of benzene rings is 4. The predicted molar refractivity (Wildman–Crippen MR) is 156 cm³/mol.